The predicted molar refractivity (Wildman–Crippen MR) is 148 cm³/mol. The van der Waals surface area contributed by atoms with Crippen LogP contribution in [0.2, 0.25) is 0 Å². The van der Waals surface area contributed by atoms with E-state index in [1.165, 1.54) is 13.3 Å². The number of carbonyl (C=O) groups excluding carboxylic acids is 2. The van der Waals surface area contributed by atoms with Gasteiger partial charge in [-0.25, -0.2) is 4.39 Å². The second-order valence-electron chi connectivity index (χ2n) is 9.46. The van der Waals surface area contributed by atoms with Crippen molar-refractivity contribution in [2.45, 2.75) is 25.7 Å². The SMILES string of the molecule is COc1ccc(CNC(=O)c2ccc(CN3C=C(C(=O)Nc4ccc(F)c(C(F)(F)F)c4)C(=N)CC3)cc2)cc1OC. The lowest BCUT2D eigenvalue weighted by atomic mass is 10.0. The monoisotopic (exact) mass is 584 g/mol. The van der Waals surface area contributed by atoms with Gasteiger partial charge >= 0.3 is 6.18 Å². The molecule has 42 heavy (non-hydrogen) atoms. The molecule has 3 aromatic rings. The second kappa shape index (κ2) is 12.8. The van der Waals surface area contributed by atoms with Gasteiger partial charge in [-0.15, -0.1) is 0 Å². The van der Waals surface area contributed by atoms with E-state index < -0.39 is 23.5 Å². The average Bonchev–Trinajstić information content (AvgIpc) is 2.97. The van der Waals surface area contributed by atoms with Gasteiger partial charge in [0.2, 0.25) is 0 Å². The van der Waals surface area contributed by atoms with E-state index in [0.717, 1.165) is 17.2 Å². The molecule has 0 unspecified atom stereocenters. The molecule has 0 radical (unpaired) electrons. The number of alkyl halides is 3. The number of methoxy groups -OCH3 is 2. The topological polar surface area (TPSA) is 104 Å². The highest BCUT2D eigenvalue weighted by molar-refractivity contribution is 6.24. The molecule has 3 aromatic carbocycles. The smallest absolute Gasteiger partial charge is 0.419 e. The number of carbonyl (C=O) groups is 2. The first-order valence-electron chi connectivity index (χ1n) is 12.8. The normalized spacial score (nSPS) is 13.3. The molecule has 8 nitrogen and oxygen atoms in total. The van der Waals surface area contributed by atoms with Crippen LogP contribution in [0.4, 0.5) is 23.2 Å². The highest BCUT2D eigenvalue weighted by Crippen LogP contribution is 2.33. The maximum Gasteiger partial charge on any atom is 0.419 e. The van der Waals surface area contributed by atoms with Gasteiger partial charge in [0.1, 0.15) is 5.82 Å². The standard InChI is InChI=1S/C30H28F4N4O4/c1-41-26-10-5-19(13-27(26)42-2)15-36-28(39)20-6-3-18(4-7-20)16-38-12-11-25(35)22(17-38)29(40)37-21-8-9-24(31)23(14-21)30(32,33)34/h3-10,13-14,17,35H,11-12,15-16H2,1-2H3,(H,36,39)(H,37,40). The van der Waals surface area contributed by atoms with Crippen molar-refractivity contribution in [2.24, 2.45) is 0 Å². The lowest BCUT2D eigenvalue weighted by Gasteiger charge is -2.27. The molecular formula is C30H28F4N4O4. The van der Waals surface area contributed by atoms with Crippen molar-refractivity contribution in [3.8, 4) is 11.5 Å². The molecule has 0 aliphatic carbocycles. The van der Waals surface area contributed by atoms with Gasteiger partial charge in [0.15, 0.2) is 11.5 Å². The first-order chi connectivity index (χ1) is 20.0. The van der Waals surface area contributed by atoms with Gasteiger partial charge < -0.3 is 30.4 Å². The third kappa shape index (κ3) is 7.25. The highest BCUT2D eigenvalue weighted by Gasteiger charge is 2.34. The van der Waals surface area contributed by atoms with Crippen LogP contribution in [-0.2, 0) is 24.1 Å². The maximum absolute atomic E-state index is 13.6. The zero-order chi connectivity index (χ0) is 30.4. The summed E-state index contributed by atoms with van der Waals surface area (Å²) in [7, 11) is 3.07. The van der Waals surface area contributed by atoms with Crippen LogP contribution in [0.25, 0.3) is 0 Å². The number of nitrogens with one attached hydrogen (secondary N) is 3. The third-order valence-corrected chi connectivity index (χ3v) is 6.56. The lowest BCUT2D eigenvalue weighted by Crippen LogP contribution is -2.32. The van der Waals surface area contributed by atoms with Crippen LogP contribution in [0.5, 0.6) is 11.5 Å². The Balaban J connectivity index is 1.37. The minimum Gasteiger partial charge on any atom is -0.493 e. The molecule has 0 fully saturated rings. The maximum atomic E-state index is 13.6. The number of hydrogen-bond donors (Lipinski definition) is 3. The Morgan fingerprint density at radius 2 is 1.62 bits per heavy atom. The second-order valence-corrected chi connectivity index (χ2v) is 9.46. The minimum absolute atomic E-state index is 0.00899. The first kappa shape index (κ1) is 30.1. The number of benzene rings is 3. The lowest BCUT2D eigenvalue weighted by molar-refractivity contribution is -0.140. The fourth-order valence-electron chi connectivity index (χ4n) is 4.33. The number of amides is 2. The minimum atomic E-state index is -4.92. The molecule has 12 heteroatoms. The van der Waals surface area contributed by atoms with Crippen molar-refractivity contribution in [2.75, 3.05) is 26.1 Å². The van der Waals surface area contributed by atoms with E-state index in [4.69, 9.17) is 14.9 Å². The molecule has 0 aromatic heterocycles. The van der Waals surface area contributed by atoms with Gasteiger partial charge in [-0.05, 0) is 53.6 Å². The Morgan fingerprint density at radius 3 is 2.29 bits per heavy atom. The molecule has 4 rings (SSSR count). The number of nitrogens with zero attached hydrogens (tertiary/aromatic N) is 1. The van der Waals surface area contributed by atoms with Crippen LogP contribution < -0.4 is 20.1 Å². The Hall–Kier alpha value is -4.87. The Kier molecular flexibility index (Phi) is 9.14. The summed E-state index contributed by atoms with van der Waals surface area (Å²) in [6, 6.07) is 14.4. The van der Waals surface area contributed by atoms with Crippen molar-refractivity contribution in [3.63, 3.8) is 0 Å². The third-order valence-electron chi connectivity index (χ3n) is 6.56. The van der Waals surface area contributed by atoms with Crippen molar-refractivity contribution in [1.82, 2.24) is 10.2 Å². The zero-order valence-electron chi connectivity index (χ0n) is 22.8. The van der Waals surface area contributed by atoms with Crippen LogP contribution in [-0.4, -0.2) is 43.2 Å². The zero-order valence-corrected chi connectivity index (χ0v) is 22.8. The average molecular weight is 585 g/mol. The van der Waals surface area contributed by atoms with Gasteiger partial charge in [0, 0.05) is 49.2 Å². The van der Waals surface area contributed by atoms with Crippen LogP contribution >= 0.6 is 0 Å². The Bertz CT molecular complexity index is 1520. The summed E-state index contributed by atoms with van der Waals surface area (Å²) >= 11 is 0. The fourth-order valence-corrected chi connectivity index (χ4v) is 4.33. The van der Waals surface area contributed by atoms with Crippen LogP contribution in [0.1, 0.15) is 33.5 Å². The van der Waals surface area contributed by atoms with Gasteiger partial charge in [0.25, 0.3) is 11.8 Å². The van der Waals surface area contributed by atoms with Crippen molar-refractivity contribution in [1.29, 1.82) is 5.41 Å². The summed E-state index contributed by atoms with van der Waals surface area (Å²) in [5, 5.41) is 13.3. The van der Waals surface area contributed by atoms with E-state index >= 15 is 0 Å². The number of rotatable bonds is 9. The molecule has 0 spiro atoms. The number of ether oxygens (including phenoxy) is 2. The molecule has 220 valence electrons. The molecule has 1 aliphatic heterocycles. The molecule has 0 saturated carbocycles. The van der Waals surface area contributed by atoms with Crippen molar-refractivity contribution >= 4 is 23.2 Å². The number of anilines is 1. The molecule has 0 atom stereocenters. The van der Waals surface area contributed by atoms with E-state index in [0.29, 0.717) is 42.3 Å². The van der Waals surface area contributed by atoms with E-state index in [1.54, 1.807) is 48.4 Å². The largest absolute Gasteiger partial charge is 0.493 e. The van der Waals surface area contributed by atoms with Gasteiger partial charge in [-0.3, -0.25) is 9.59 Å². The van der Waals surface area contributed by atoms with E-state index in [2.05, 4.69) is 10.6 Å². The van der Waals surface area contributed by atoms with E-state index in [-0.39, 0.29) is 35.8 Å². The Labute approximate surface area is 239 Å². The van der Waals surface area contributed by atoms with Crippen LogP contribution in [0.3, 0.4) is 0 Å². The summed E-state index contributed by atoms with van der Waals surface area (Å²) in [5.74, 6) is -1.34. The van der Waals surface area contributed by atoms with Gasteiger partial charge in [-0.1, -0.05) is 18.2 Å². The molecule has 1 heterocycles. The summed E-state index contributed by atoms with van der Waals surface area (Å²) < 4.78 is 63.2. The molecule has 2 amide bonds. The van der Waals surface area contributed by atoms with Crippen LogP contribution in [0.15, 0.2) is 72.4 Å². The van der Waals surface area contributed by atoms with Crippen LogP contribution in [0, 0.1) is 11.2 Å². The number of hydrogen-bond acceptors (Lipinski definition) is 6. The molecule has 1 aliphatic rings. The summed E-state index contributed by atoms with van der Waals surface area (Å²) in [5.41, 5.74) is 0.415. The summed E-state index contributed by atoms with van der Waals surface area (Å²) in [4.78, 5) is 27.2. The van der Waals surface area contributed by atoms with E-state index in [9.17, 15) is 27.2 Å². The summed E-state index contributed by atoms with van der Waals surface area (Å²) in [6.07, 6.45) is -3.20. The molecular weight excluding hydrogens is 556 g/mol. The fraction of sp³-hybridized carbons (Fsp3) is 0.233. The van der Waals surface area contributed by atoms with Crippen molar-refractivity contribution in [3.05, 3.63) is 101 Å². The predicted octanol–water partition coefficient (Wildman–Crippen LogP) is 5.54. The quantitative estimate of drug-likeness (QED) is 0.287. The Morgan fingerprint density at radius 1 is 0.929 bits per heavy atom. The highest BCUT2D eigenvalue weighted by atomic mass is 19.4. The summed E-state index contributed by atoms with van der Waals surface area (Å²) in [6.45, 7) is 1.09. The molecule has 0 saturated heterocycles. The van der Waals surface area contributed by atoms with Gasteiger partial charge in [0.05, 0.1) is 25.4 Å². The number of halogens is 4. The molecule has 0 bridgehead atoms. The van der Waals surface area contributed by atoms with Crippen molar-refractivity contribution < 1.29 is 36.6 Å². The van der Waals surface area contributed by atoms with Gasteiger partial charge in [-0.2, -0.15) is 13.2 Å². The first-order valence-corrected chi connectivity index (χ1v) is 12.8. The molecule has 3 N–H and O–H groups in total. The van der Waals surface area contributed by atoms with E-state index in [1.807, 2.05) is 6.07 Å².